The molecule has 7 heteroatoms. The summed E-state index contributed by atoms with van der Waals surface area (Å²) >= 11 is 0. The molecule has 24 heavy (non-hydrogen) atoms. The number of nitrogens with one attached hydrogen (secondary N) is 1. The smallest absolute Gasteiger partial charge is 0.309 e. The predicted molar refractivity (Wildman–Crippen MR) is 82.5 cm³/mol. The number of benzene rings is 2. The van der Waals surface area contributed by atoms with Crippen molar-refractivity contribution in [1.82, 2.24) is 0 Å². The molecule has 0 aliphatic heterocycles. The Labute approximate surface area is 137 Å². The predicted octanol–water partition coefficient (Wildman–Crippen LogP) is 2.92. The number of para-hydroxylation sites is 1. The van der Waals surface area contributed by atoms with Crippen molar-refractivity contribution in [2.75, 3.05) is 18.5 Å². The van der Waals surface area contributed by atoms with Crippen LogP contribution in [-0.2, 0) is 14.3 Å². The number of carbonyl (C=O) groups excluding carboxylic acids is 2. The van der Waals surface area contributed by atoms with Crippen LogP contribution in [0.1, 0.15) is 6.42 Å². The molecule has 2 aromatic rings. The van der Waals surface area contributed by atoms with Gasteiger partial charge in [0.05, 0.1) is 18.7 Å². The minimum absolute atomic E-state index is 0.0451. The topological polar surface area (TPSA) is 64.6 Å². The molecule has 0 saturated heterocycles. The number of hydrogen-bond donors (Lipinski definition) is 1. The van der Waals surface area contributed by atoms with Crippen molar-refractivity contribution < 1.29 is 27.8 Å². The zero-order valence-electron chi connectivity index (χ0n) is 12.6. The average molecular weight is 335 g/mol. The van der Waals surface area contributed by atoms with Gasteiger partial charge in [-0.15, -0.1) is 0 Å². The lowest BCUT2D eigenvalue weighted by Gasteiger charge is -2.08. The Morgan fingerprint density at radius 1 is 1.04 bits per heavy atom. The highest BCUT2D eigenvalue weighted by atomic mass is 19.1. The standard InChI is InChI=1S/C17H15F2NO4/c18-12-6-7-14(19)15(10-12)20-16(21)11-24-17(22)8-9-23-13-4-2-1-3-5-13/h1-7,10H,8-9,11H2,(H,20,21). The van der Waals surface area contributed by atoms with E-state index >= 15 is 0 Å². The van der Waals surface area contributed by atoms with E-state index in [0.717, 1.165) is 18.2 Å². The normalized spacial score (nSPS) is 10.1. The summed E-state index contributed by atoms with van der Waals surface area (Å²) in [4.78, 5) is 23.1. The Hall–Kier alpha value is -2.96. The lowest BCUT2D eigenvalue weighted by Crippen LogP contribution is -2.22. The molecule has 0 aliphatic rings. The third-order valence-corrected chi connectivity index (χ3v) is 2.88. The summed E-state index contributed by atoms with van der Waals surface area (Å²) in [5.74, 6) is -2.27. The van der Waals surface area contributed by atoms with Crippen molar-refractivity contribution in [1.29, 1.82) is 0 Å². The Bertz CT molecular complexity index is 707. The summed E-state index contributed by atoms with van der Waals surface area (Å²) in [6, 6.07) is 11.6. The second-order valence-corrected chi connectivity index (χ2v) is 4.74. The molecule has 0 aliphatic carbocycles. The molecule has 5 nitrogen and oxygen atoms in total. The van der Waals surface area contributed by atoms with E-state index in [1.54, 1.807) is 24.3 Å². The molecule has 0 aromatic heterocycles. The van der Waals surface area contributed by atoms with Gasteiger partial charge >= 0.3 is 5.97 Å². The number of ether oxygens (including phenoxy) is 2. The van der Waals surface area contributed by atoms with Crippen LogP contribution in [0.5, 0.6) is 5.75 Å². The van der Waals surface area contributed by atoms with Gasteiger partial charge in [0.25, 0.3) is 5.91 Å². The molecule has 0 spiro atoms. The second-order valence-electron chi connectivity index (χ2n) is 4.74. The third kappa shape index (κ3) is 5.68. The van der Waals surface area contributed by atoms with Crippen molar-refractivity contribution >= 4 is 17.6 Å². The third-order valence-electron chi connectivity index (χ3n) is 2.88. The molecule has 2 rings (SSSR count). The van der Waals surface area contributed by atoms with E-state index in [-0.39, 0.29) is 18.7 Å². The van der Waals surface area contributed by atoms with Crippen LogP contribution in [0.4, 0.5) is 14.5 Å². The highest BCUT2D eigenvalue weighted by Crippen LogP contribution is 2.15. The molecule has 0 bridgehead atoms. The highest BCUT2D eigenvalue weighted by Gasteiger charge is 2.11. The Morgan fingerprint density at radius 2 is 1.79 bits per heavy atom. The first kappa shape index (κ1) is 17.4. The first-order chi connectivity index (χ1) is 11.5. The lowest BCUT2D eigenvalue weighted by atomic mass is 10.3. The molecule has 0 heterocycles. The largest absolute Gasteiger partial charge is 0.493 e. The number of esters is 1. The fourth-order valence-corrected chi connectivity index (χ4v) is 1.77. The van der Waals surface area contributed by atoms with Crippen LogP contribution >= 0.6 is 0 Å². The second kappa shape index (κ2) is 8.61. The van der Waals surface area contributed by atoms with Crippen molar-refractivity contribution in [3.05, 3.63) is 60.2 Å². The fraction of sp³-hybridized carbons (Fsp3) is 0.176. The zero-order chi connectivity index (χ0) is 17.4. The van der Waals surface area contributed by atoms with Gasteiger partial charge in [-0.3, -0.25) is 9.59 Å². The molecular formula is C17H15F2NO4. The fourth-order valence-electron chi connectivity index (χ4n) is 1.77. The van der Waals surface area contributed by atoms with Gasteiger partial charge in [0, 0.05) is 6.07 Å². The zero-order valence-corrected chi connectivity index (χ0v) is 12.6. The number of halogens is 2. The van der Waals surface area contributed by atoms with E-state index in [2.05, 4.69) is 5.32 Å². The highest BCUT2D eigenvalue weighted by molar-refractivity contribution is 5.92. The number of anilines is 1. The first-order valence-electron chi connectivity index (χ1n) is 7.13. The Kier molecular flexibility index (Phi) is 6.24. The maximum Gasteiger partial charge on any atom is 0.309 e. The van der Waals surface area contributed by atoms with E-state index in [4.69, 9.17) is 9.47 Å². The van der Waals surface area contributed by atoms with Crippen molar-refractivity contribution in [3.8, 4) is 5.75 Å². The van der Waals surface area contributed by atoms with Crippen LogP contribution < -0.4 is 10.1 Å². The lowest BCUT2D eigenvalue weighted by molar-refractivity contribution is -0.147. The van der Waals surface area contributed by atoms with Crippen LogP contribution in [-0.4, -0.2) is 25.1 Å². The maximum atomic E-state index is 13.4. The number of rotatable bonds is 7. The van der Waals surface area contributed by atoms with Crippen molar-refractivity contribution in [2.45, 2.75) is 6.42 Å². The molecule has 2 aromatic carbocycles. The number of hydrogen-bond acceptors (Lipinski definition) is 4. The minimum Gasteiger partial charge on any atom is -0.493 e. The summed E-state index contributed by atoms with van der Waals surface area (Å²) in [6.07, 6.45) is -0.0451. The Balaban J connectivity index is 1.69. The van der Waals surface area contributed by atoms with Crippen LogP contribution in [0.15, 0.2) is 48.5 Å². The van der Waals surface area contributed by atoms with Crippen molar-refractivity contribution in [2.24, 2.45) is 0 Å². The van der Waals surface area contributed by atoms with Gasteiger partial charge in [0.1, 0.15) is 17.4 Å². The van der Waals surface area contributed by atoms with Gasteiger partial charge < -0.3 is 14.8 Å². The molecule has 0 fully saturated rings. The number of carbonyl (C=O) groups is 2. The summed E-state index contributed by atoms with van der Waals surface area (Å²) in [7, 11) is 0. The molecule has 0 saturated carbocycles. The summed E-state index contributed by atoms with van der Waals surface area (Å²) < 4.78 is 36.4. The SMILES string of the molecule is O=C(COC(=O)CCOc1ccccc1)Nc1cc(F)ccc1F. The summed E-state index contributed by atoms with van der Waals surface area (Å²) in [5.41, 5.74) is -0.316. The van der Waals surface area contributed by atoms with Crippen molar-refractivity contribution in [3.63, 3.8) is 0 Å². The monoisotopic (exact) mass is 335 g/mol. The molecule has 0 radical (unpaired) electrons. The molecular weight excluding hydrogens is 320 g/mol. The van der Waals surface area contributed by atoms with E-state index in [0.29, 0.717) is 5.75 Å². The Morgan fingerprint density at radius 3 is 2.54 bits per heavy atom. The quantitative estimate of drug-likeness (QED) is 0.790. The van der Waals surface area contributed by atoms with E-state index < -0.39 is 30.1 Å². The van der Waals surface area contributed by atoms with Gasteiger partial charge in [-0.1, -0.05) is 18.2 Å². The minimum atomic E-state index is -0.785. The molecule has 0 atom stereocenters. The van der Waals surface area contributed by atoms with Gasteiger partial charge in [-0.25, -0.2) is 8.78 Å². The van der Waals surface area contributed by atoms with Gasteiger partial charge in [-0.05, 0) is 24.3 Å². The van der Waals surface area contributed by atoms with Gasteiger partial charge in [-0.2, -0.15) is 0 Å². The molecule has 126 valence electrons. The van der Waals surface area contributed by atoms with E-state index in [1.807, 2.05) is 6.07 Å². The van der Waals surface area contributed by atoms with Crippen LogP contribution in [0.25, 0.3) is 0 Å². The average Bonchev–Trinajstić information content (AvgIpc) is 2.57. The summed E-state index contributed by atoms with van der Waals surface area (Å²) in [5, 5.41) is 2.13. The van der Waals surface area contributed by atoms with Crippen LogP contribution in [0, 0.1) is 11.6 Å². The maximum absolute atomic E-state index is 13.4. The molecule has 0 unspecified atom stereocenters. The first-order valence-corrected chi connectivity index (χ1v) is 7.13. The molecule has 1 N–H and O–H groups in total. The number of amides is 1. The summed E-state index contributed by atoms with van der Waals surface area (Å²) in [6.45, 7) is -0.497. The van der Waals surface area contributed by atoms with E-state index in [9.17, 15) is 18.4 Å². The van der Waals surface area contributed by atoms with Gasteiger partial charge in [0.2, 0.25) is 0 Å². The molecule has 1 amide bonds. The van der Waals surface area contributed by atoms with Gasteiger partial charge in [0.15, 0.2) is 6.61 Å². The van der Waals surface area contributed by atoms with Crippen LogP contribution in [0.2, 0.25) is 0 Å². The van der Waals surface area contributed by atoms with Crippen LogP contribution in [0.3, 0.4) is 0 Å². The van der Waals surface area contributed by atoms with E-state index in [1.165, 1.54) is 0 Å².